The van der Waals surface area contributed by atoms with Gasteiger partial charge in [-0.15, -0.1) is 0 Å². The number of anilines is 1. The Labute approximate surface area is 191 Å². The Bertz CT molecular complexity index is 909. The van der Waals surface area contributed by atoms with Crippen molar-refractivity contribution in [2.75, 3.05) is 24.5 Å². The lowest BCUT2D eigenvalue weighted by Gasteiger charge is -2.35. The van der Waals surface area contributed by atoms with Crippen molar-refractivity contribution < 1.29 is 14.3 Å². The lowest BCUT2D eigenvalue weighted by molar-refractivity contribution is -0.121. The number of unbranched alkanes of at least 4 members (excludes halogenated alkanes) is 2. The van der Waals surface area contributed by atoms with E-state index in [1.165, 1.54) is 22.5 Å². The lowest BCUT2D eigenvalue weighted by Crippen LogP contribution is -2.37. The molecule has 1 aromatic rings. The highest BCUT2D eigenvalue weighted by atomic mass is 16.6. The number of fused-ring (bicyclic) bond motifs is 2. The molecule has 0 saturated heterocycles. The third-order valence-electron chi connectivity index (χ3n) is 5.31. The van der Waals surface area contributed by atoms with Crippen molar-refractivity contribution in [3.8, 4) is 0 Å². The molecule has 2 aliphatic rings. The van der Waals surface area contributed by atoms with Crippen molar-refractivity contribution >= 4 is 23.8 Å². The Hall–Kier alpha value is -3.02. The van der Waals surface area contributed by atoms with E-state index in [9.17, 15) is 9.59 Å². The molecule has 0 fully saturated rings. The molecule has 0 atom stereocenters. The molecule has 1 aliphatic carbocycles. The monoisotopic (exact) mass is 437 g/mol. The van der Waals surface area contributed by atoms with E-state index in [0.29, 0.717) is 19.5 Å². The fourth-order valence-corrected chi connectivity index (χ4v) is 3.88. The molecule has 3 rings (SSSR count). The first-order chi connectivity index (χ1) is 15.3. The molecule has 6 nitrogen and oxygen atoms in total. The number of nitrogens with one attached hydrogen (secondary N) is 2. The van der Waals surface area contributed by atoms with Crippen LogP contribution in [0.3, 0.4) is 0 Å². The number of amides is 2. The Kier molecular flexibility index (Phi) is 8.14. The summed E-state index contributed by atoms with van der Waals surface area (Å²) in [5.41, 5.74) is 4.67. The number of ether oxygens (including phenoxy) is 1. The zero-order valence-electron chi connectivity index (χ0n) is 19.4. The minimum Gasteiger partial charge on any atom is -0.444 e. The van der Waals surface area contributed by atoms with Gasteiger partial charge < -0.3 is 20.3 Å². The molecule has 0 bridgehead atoms. The van der Waals surface area contributed by atoms with E-state index in [1.54, 1.807) is 0 Å². The van der Waals surface area contributed by atoms with E-state index in [4.69, 9.17) is 4.74 Å². The summed E-state index contributed by atoms with van der Waals surface area (Å²) in [5, 5.41) is 5.49. The van der Waals surface area contributed by atoms with Crippen LogP contribution in [0.25, 0.3) is 6.08 Å². The number of benzene rings is 1. The molecule has 6 heteroatoms. The quantitative estimate of drug-likeness (QED) is 0.537. The minimum atomic E-state index is -0.522. The summed E-state index contributed by atoms with van der Waals surface area (Å²) in [6.45, 7) is 7.15. The number of hydrogen-bond acceptors (Lipinski definition) is 4. The van der Waals surface area contributed by atoms with E-state index in [2.05, 4.69) is 64.1 Å². The molecule has 0 saturated carbocycles. The summed E-state index contributed by atoms with van der Waals surface area (Å²) in [6, 6.07) is 8.53. The third-order valence-corrected chi connectivity index (χ3v) is 5.31. The fraction of sp³-hybridized carbons (Fsp3) is 0.462. The van der Waals surface area contributed by atoms with Gasteiger partial charge in [-0.1, -0.05) is 36.8 Å². The third kappa shape index (κ3) is 7.01. The maximum absolute atomic E-state index is 12.0. The predicted octanol–water partition coefficient (Wildman–Crippen LogP) is 4.94. The highest BCUT2D eigenvalue weighted by molar-refractivity contribution is 5.80. The number of para-hydroxylation sites is 1. The number of rotatable bonds is 9. The van der Waals surface area contributed by atoms with Gasteiger partial charge in [0.25, 0.3) is 0 Å². The van der Waals surface area contributed by atoms with Gasteiger partial charge in [0.1, 0.15) is 5.60 Å². The van der Waals surface area contributed by atoms with Crippen LogP contribution in [0.1, 0.15) is 58.4 Å². The molecule has 2 amide bonds. The highest BCUT2D eigenvalue weighted by Gasteiger charge is 2.22. The van der Waals surface area contributed by atoms with E-state index in [-0.39, 0.29) is 5.91 Å². The standard InChI is InChI=1S/C26H35N3O3/c1-26(2,3)32-25(31)28-17-16-27-24(30)15-5-4-10-18-29-22-13-8-6-11-20(22)19-21-12-7-9-14-23(21)29/h6-9,11,13-14,19H,4-5,10,12,15-18H2,1-3H3,(H,27,30)(H,28,31). The van der Waals surface area contributed by atoms with Crippen molar-refractivity contribution in [2.45, 2.75) is 58.5 Å². The second kappa shape index (κ2) is 11.0. The molecule has 0 spiro atoms. The Morgan fingerprint density at radius 2 is 1.84 bits per heavy atom. The van der Waals surface area contributed by atoms with Gasteiger partial charge in [-0.2, -0.15) is 0 Å². The van der Waals surface area contributed by atoms with Crippen LogP contribution in [0.5, 0.6) is 0 Å². The summed E-state index contributed by atoms with van der Waals surface area (Å²) in [7, 11) is 0. The van der Waals surface area contributed by atoms with E-state index < -0.39 is 11.7 Å². The Morgan fingerprint density at radius 3 is 2.66 bits per heavy atom. The first-order valence-corrected chi connectivity index (χ1v) is 11.5. The van der Waals surface area contributed by atoms with Crippen molar-refractivity contribution in [1.82, 2.24) is 10.6 Å². The average Bonchev–Trinajstić information content (AvgIpc) is 2.74. The van der Waals surface area contributed by atoms with E-state index in [1.807, 2.05) is 20.8 Å². The van der Waals surface area contributed by atoms with Crippen molar-refractivity contribution in [3.63, 3.8) is 0 Å². The number of nitrogens with zero attached hydrogens (tertiary/aromatic N) is 1. The molecule has 32 heavy (non-hydrogen) atoms. The van der Waals surface area contributed by atoms with Gasteiger partial charge in [0.05, 0.1) is 0 Å². The van der Waals surface area contributed by atoms with E-state index >= 15 is 0 Å². The topological polar surface area (TPSA) is 70.7 Å². The summed E-state index contributed by atoms with van der Waals surface area (Å²) in [4.78, 5) is 26.0. The van der Waals surface area contributed by atoms with Gasteiger partial charge in [0.15, 0.2) is 0 Å². The number of carbonyl (C=O) groups excluding carboxylic acids is 2. The van der Waals surface area contributed by atoms with Gasteiger partial charge in [-0.05, 0) is 69.4 Å². The first kappa shape index (κ1) is 23.6. The van der Waals surface area contributed by atoms with E-state index in [0.717, 1.165) is 32.2 Å². The van der Waals surface area contributed by atoms with Crippen LogP contribution < -0.4 is 15.5 Å². The van der Waals surface area contributed by atoms with Gasteiger partial charge in [-0.3, -0.25) is 4.79 Å². The summed E-state index contributed by atoms with van der Waals surface area (Å²) < 4.78 is 5.16. The fourth-order valence-electron chi connectivity index (χ4n) is 3.88. The number of allylic oxidation sites excluding steroid dienone is 4. The Morgan fingerprint density at radius 1 is 1.06 bits per heavy atom. The highest BCUT2D eigenvalue weighted by Crippen LogP contribution is 2.37. The zero-order valence-corrected chi connectivity index (χ0v) is 19.4. The maximum atomic E-state index is 12.0. The second-order valence-corrected chi connectivity index (χ2v) is 9.15. The van der Waals surface area contributed by atoms with Crippen molar-refractivity contribution in [1.29, 1.82) is 0 Å². The molecule has 0 unspecified atom stereocenters. The molecule has 1 heterocycles. The van der Waals surface area contributed by atoms with Crippen LogP contribution >= 0.6 is 0 Å². The van der Waals surface area contributed by atoms with Crippen LogP contribution in [0.15, 0.2) is 53.8 Å². The first-order valence-electron chi connectivity index (χ1n) is 11.5. The average molecular weight is 438 g/mol. The zero-order chi connectivity index (χ0) is 23.0. The van der Waals surface area contributed by atoms with Gasteiger partial charge >= 0.3 is 6.09 Å². The van der Waals surface area contributed by atoms with Crippen LogP contribution in [0.2, 0.25) is 0 Å². The minimum absolute atomic E-state index is 0.0182. The van der Waals surface area contributed by atoms with Crippen LogP contribution in [0, 0.1) is 0 Å². The smallest absolute Gasteiger partial charge is 0.407 e. The largest absolute Gasteiger partial charge is 0.444 e. The molecule has 0 aromatic heterocycles. The van der Waals surface area contributed by atoms with Crippen LogP contribution in [0.4, 0.5) is 10.5 Å². The number of alkyl carbamates (subject to hydrolysis) is 1. The SMILES string of the molecule is CC(C)(C)OC(=O)NCCNC(=O)CCCCCN1C2=CC=CCC2=Cc2ccccc21. The molecular formula is C26H35N3O3. The van der Waals surface area contributed by atoms with Crippen LogP contribution in [-0.2, 0) is 9.53 Å². The molecular weight excluding hydrogens is 402 g/mol. The molecule has 1 aliphatic heterocycles. The predicted molar refractivity (Wildman–Crippen MR) is 129 cm³/mol. The molecule has 172 valence electrons. The summed E-state index contributed by atoms with van der Waals surface area (Å²) in [5.74, 6) is 0.0182. The number of hydrogen-bond donors (Lipinski definition) is 2. The van der Waals surface area contributed by atoms with Crippen molar-refractivity contribution in [3.05, 3.63) is 59.3 Å². The van der Waals surface area contributed by atoms with Gasteiger partial charge in [-0.25, -0.2) is 4.79 Å². The van der Waals surface area contributed by atoms with Crippen LogP contribution in [-0.4, -0.2) is 37.2 Å². The molecule has 1 aromatic carbocycles. The molecule has 2 N–H and O–H groups in total. The number of carbonyl (C=O) groups is 2. The summed E-state index contributed by atoms with van der Waals surface area (Å²) in [6.07, 6.45) is 12.7. The maximum Gasteiger partial charge on any atom is 0.407 e. The molecule has 0 radical (unpaired) electrons. The van der Waals surface area contributed by atoms with Crippen molar-refractivity contribution in [2.24, 2.45) is 0 Å². The van der Waals surface area contributed by atoms with Gasteiger partial charge in [0, 0.05) is 37.4 Å². The second-order valence-electron chi connectivity index (χ2n) is 9.15. The van der Waals surface area contributed by atoms with Gasteiger partial charge in [0.2, 0.25) is 5.91 Å². The summed E-state index contributed by atoms with van der Waals surface area (Å²) >= 11 is 0. The normalized spacial score (nSPS) is 14.7. The Balaban J connectivity index is 1.34. The lowest BCUT2D eigenvalue weighted by atomic mass is 9.94.